The van der Waals surface area contributed by atoms with Gasteiger partial charge in [0.25, 0.3) is 0 Å². The van der Waals surface area contributed by atoms with Gasteiger partial charge in [0.1, 0.15) is 5.75 Å². The molecule has 2 rings (SSSR count). The summed E-state index contributed by atoms with van der Waals surface area (Å²) in [5.41, 5.74) is 1.31. The average molecular weight is 244 g/mol. The topological polar surface area (TPSA) is 9.23 Å². The molecule has 0 heterocycles. The summed E-state index contributed by atoms with van der Waals surface area (Å²) in [5.74, 6) is 0.943. The highest BCUT2D eigenvalue weighted by atomic mass is 32.2. The zero-order valence-corrected chi connectivity index (χ0v) is 10.7. The summed E-state index contributed by atoms with van der Waals surface area (Å²) >= 11 is 1.74. The number of hydrogen-bond acceptors (Lipinski definition) is 2. The lowest BCUT2D eigenvalue weighted by atomic mass is 10.2. The molecule has 0 aliphatic rings. The molecule has 17 heavy (non-hydrogen) atoms. The first kappa shape index (κ1) is 12.1. The Morgan fingerprint density at radius 2 is 1.65 bits per heavy atom. The molecule has 0 atom stereocenters. The largest absolute Gasteiger partial charge is 0.493 e. The summed E-state index contributed by atoms with van der Waals surface area (Å²) < 4.78 is 5.70. The van der Waals surface area contributed by atoms with E-state index in [0.29, 0.717) is 0 Å². The van der Waals surface area contributed by atoms with E-state index in [2.05, 4.69) is 42.7 Å². The molecule has 1 nitrogen and oxygen atoms in total. The zero-order chi connectivity index (χ0) is 11.9. The highest BCUT2D eigenvalue weighted by molar-refractivity contribution is 7.98. The van der Waals surface area contributed by atoms with E-state index in [1.807, 2.05) is 18.2 Å². The minimum absolute atomic E-state index is 0.725. The fraction of sp³-hybridized carbons (Fsp3) is 0.200. The standard InChI is InChI=1S/C15H16OS/c1-17-15-9-7-14(8-10-15)16-12-11-13-5-3-2-4-6-13/h2-10H,11-12H2,1H3. The fourth-order valence-electron chi connectivity index (χ4n) is 1.60. The number of thioether (sulfide) groups is 1. The third kappa shape index (κ3) is 3.82. The van der Waals surface area contributed by atoms with E-state index in [-0.39, 0.29) is 0 Å². The minimum Gasteiger partial charge on any atom is -0.493 e. The van der Waals surface area contributed by atoms with E-state index in [1.54, 1.807) is 11.8 Å². The van der Waals surface area contributed by atoms with Gasteiger partial charge in [-0.05, 0) is 36.1 Å². The lowest BCUT2D eigenvalue weighted by molar-refractivity contribution is 0.322. The van der Waals surface area contributed by atoms with Crippen LogP contribution in [0.3, 0.4) is 0 Å². The van der Waals surface area contributed by atoms with Crippen LogP contribution in [-0.4, -0.2) is 12.9 Å². The van der Waals surface area contributed by atoms with Gasteiger partial charge in [-0.25, -0.2) is 0 Å². The van der Waals surface area contributed by atoms with Crippen molar-refractivity contribution in [1.82, 2.24) is 0 Å². The predicted molar refractivity (Wildman–Crippen MR) is 73.9 cm³/mol. The minimum atomic E-state index is 0.725. The third-order valence-corrected chi connectivity index (χ3v) is 3.31. The van der Waals surface area contributed by atoms with Gasteiger partial charge < -0.3 is 4.74 Å². The van der Waals surface area contributed by atoms with E-state index in [0.717, 1.165) is 18.8 Å². The van der Waals surface area contributed by atoms with Gasteiger partial charge in [-0.2, -0.15) is 0 Å². The molecule has 0 unspecified atom stereocenters. The van der Waals surface area contributed by atoms with Gasteiger partial charge >= 0.3 is 0 Å². The Morgan fingerprint density at radius 1 is 0.941 bits per heavy atom. The van der Waals surface area contributed by atoms with Crippen LogP contribution in [0.2, 0.25) is 0 Å². The van der Waals surface area contributed by atoms with Crippen molar-refractivity contribution in [2.24, 2.45) is 0 Å². The molecule has 0 amide bonds. The molecular formula is C15H16OS. The van der Waals surface area contributed by atoms with Gasteiger partial charge in [0.2, 0.25) is 0 Å². The maximum atomic E-state index is 5.70. The molecule has 0 N–H and O–H groups in total. The molecule has 0 aliphatic carbocycles. The highest BCUT2D eigenvalue weighted by Crippen LogP contribution is 2.19. The van der Waals surface area contributed by atoms with Crippen LogP contribution in [0.1, 0.15) is 5.56 Å². The second kappa shape index (κ2) is 6.36. The lowest BCUT2D eigenvalue weighted by Gasteiger charge is -2.06. The van der Waals surface area contributed by atoms with Crippen molar-refractivity contribution in [3.05, 3.63) is 60.2 Å². The lowest BCUT2D eigenvalue weighted by Crippen LogP contribution is -2.00. The molecule has 0 saturated carbocycles. The van der Waals surface area contributed by atoms with Crippen LogP contribution in [0.4, 0.5) is 0 Å². The first-order valence-corrected chi connectivity index (χ1v) is 6.92. The molecule has 2 aromatic rings. The molecule has 0 spiro atoms. The molecule has 2 aromatic carbocycles. The number of hydrogen-bond donors (Lipinski definition) is 0. The number of rotatable bonds is 5. The fourth-order valence-corrected chi connectivity index (χ4v) is 2.01. The van der Waals surface area contributed by atoms with Gasteiger partial charge in [-0.15, -0.1) is 11.8 Å². The molecule has 0 saturated heterocycles. The maximum Gasteiger partial charge on any atom is 0.119 e. The van der Waals surface area contributed by atoms with E-state index in [9.17, 15) is 0 Å². The van der Waals surface area contributed by atoms with Crippen LogP contribution in [0.15, 0.2) is 59.5 Å². The predicted octanol–water partition coefficient (Wildman–Crippen LogP) is 4.03. The average Bonchev–Trinajstić information content (AvgIpc) is 2.41. The summed E-state index contributed by atoms with van der Waals surface area (Å²) in [7, 11) is 0. The maximum absolute atomic E-state index is 5.70. The second-order valence-corrected chi connectivity index (χ2v) is 4.64. The van der Waals surface area contributed by atoms with E-state index >= 15 is 0 Å². The van der Waals surface area contributed by atoms with Gasteiger partial charge in [-0.3, -0.25) is 0 Å². The van der Waals surface area contributed by atoms with Gasteiger partial charge in [0.05, 0.1) is 6.61 Å². The molecule has 0 radical (unpaired) electrons. The molecule has 0 aliphatic heterocycles. The Hall–Kier alpha value is -1.41. The third-order valence-electron chi connectivity index (χ3n) is 2.56. The number of ether oxygens (including phenoxy) is 1. The molecule has 0 bridgehead atoms. The van der Waals surface area contributed by atoms with Crippen molar-refractivity contribution >= 4 is 11.8 Å². The molecule has 0 aromatic heterocycles. The summed E-state index contributed by atoms with van der Waals surface area (Å²) in [6.07, 6.45) is 3.02. The Labute approximate surface area is 107 Å². The summed E-state index contributed by atoms with van der Waals surface area (Å²) in [4.78, 5) is 1.26. The smallest absolute Gasteiger partial charge is 0.119 e. The van der Waals surface area contributed by atoms with Gasteiger partial charge in [-0.1, -0.05) is 30.3 Å². The van der Waals surface area contributed by atoms with Crippen molar-refractivity contribution in [2.75, 3.05) is 12.9 Å². The Morgan fingerprint density at radius 3 is 2.29 bits per heavy atom. The second-order valence-electron chi connectivity index (χ2n) is 3.76. The van der Waals surface area contributed by atoms with Crippen molar-refractivity contribution in [2.45, 2.75) is 11.3 Å². The normalized spacial score (nSPS) is 10.2. The van der Waals surface area contributed by atoms with E-state index in [1.165, 1.54) is 10.5 Å². The van der Waals surface area contributed by atoms with Crippen LogP contribution >= 0.6 is 11.8 Å². The quantitative estimate of drug-likeness (QED) is 0.734. The molecule has 0 fully saturated rings. The Bertz CT molecular complexity index is 436. The Balaban J connectivity index is 1.82. The molecule has 2 heteroatoms. The van der Waals surface area contributed by atoms with Crippen molar-refractivity contribution in [3.63, 3.8) is 0 Å². The van der Waals surface area contributed by atoms with Crippen LogP contribution in [0, 0.1) is 0 Å². The summed E-state index contributed by atoms with van der Waals surface area (Å²) in [6, 6.07) is 18.6. The first-order chi connectivity index (χ1) is 8.38. The Kier molecular flexibility index (Phi) is 4.51. The van der Waals surface area contributed by atoms with Gasteiger partial charge in [0.15, 0.2) is 0 Å². The van der Waals surface area contributed by atoms with Crippen LogP contribution in [-0.2, 0) is 6.42 Å². The van der Waals surface area contributed by atoms with Crippen molar-refractivity contribution in [1.29, 1.82) is 0 Å². The van der Waals surface area contributed by atoms with Crippen LogP contribution in [0.25, 0.3) is 0 Å². The SMILES string of the molecule is CSc1ccc(OCCc2ccccc2)cc1. The van der Waals surface area contributed by atoms with Crippen molar-refractivity contribution in [3.8, 4) is 5.75 Å². The molecule has 88 valence electrons. The van der Waals surface area contributed by atoms with Gasteiger partial charge in [0, 0.05) is 11.3 Å². The number of benzene rings is 2. The van der Waals surface area contributed by atoms with Crippen LogP contribution < -0.4 is 4.74 Å². The molecular weight excluding hydrogens is 228 g/mol. The first-order valence-electron chi connectivity index (χ1n) is 5.69. The van der Waals surface area contributed by atoms with E-state index < -0.39 is 0 Å². The van der Waals surface area contributed by atoms with Crippen LogP contribution in [0.5, 0.6) is 5.75 Å². The monoisotopic (exact) mass is 244 g/mol. The van der Waals surface area contributed by atoms with Crippen molar-refractivity contribution < 1.29 is 4.74 Å². The zero-order valence-electron chi connectivity index (χ0n) is 9.93. The summed E-state index contributed by atoms with van der Waals surface area (Å²) in [5, 5.41) is 0. The highest BCUT2D eigenvalue weighted by Gasteiger charge is 1.95. The van der Waals surface area contributed by atoms with E-state index in [4.69, 9.17) is 4.74 Å². The summed E-state index contributed by atoms with van der Waals surface area (Å²) in [6.45, 7) is 0.725.